The molecule has 0 bridgehead atoms. The minimum Gasteiger partial charge on any atom is -0.496 e. The Kier molecular flexibility index (Phi) is 4.73. The van der Waals surface area contributed by atoms with E-state index in [1.54, 1.807) is 25.3 Å². The molecule has 6 rings (SSSR count). The monoisotopic (exact) mass is 452 g/mol. The van der Waals surface area contributed by atoms with Gasteiger partial charge in [0.15, 0.2) is 5.76 Å². The third-order valence-corrected chi connectivity index (χ3v) is 6.31. The van der Waals surface area contributed by atoms with E-state index < -0.39 is 0 Å². The maximum atomic E-state index is 13.2. The molecule has 0 spiro atoms. The molecule has 3 heterocycles. The lowest BCUT2D eigenvalue weighted by molar-refractivity contribution is -0.135. The molecule has 0 amide bonds. The second-order valence-electron chi connectivity index (χ2n) is 8.31. The highest BCUT2D eigenvalue weighted by Crippen LogP contribution is 2.50. The molecule has 6 nitrogen and oxygen atoms in total. The molecular weight excluding hydrogens is 432 g/mol. The summed E-state index contributed by atoms with van der Waals surface area (Å²) < 4.78 is 23.0. The van der Waals surface area contributed by atoms with Crippen LogP contribution in [0.3, 0.4) is 0 Å². The van der Waals surface area contributed by atoms with E-state index in [1.807, 2.05) is 54.6 Å². The number of esters is 1. The summed E-state index contributed by atoms with van der Waals surface area (Å²) in [5.41, 5.74) is 3.76. The third kappa shape index (κ3) is 3.27. The zero-order valence-corrected chi connectivity index (χ0v) is 18.4. The first-order valence-electron chi connectivity index (χ1n) is 11.0. The summed E-state index contributed by atoms with van der Waals surface area (Å²) in [6, 6.07) is 18.5. The molecule has 1 atom stereocenters. The van der Waals surface area contributed by atoms with Gasteiger partial charge < -0.3 is 18.9 Å². The minimum atomic E-state index is -0.327. The van der Waals surface area contributed by atoms with Gasteiger partial charge in [-0.3, -0.25) is 9.59 Å². The Bertz CT molecular complexity index is 1410. The quantitative estimate of drug-likeness (QED) is 0.310. The zero-order chi connectivity index (χ0) is 23.2. The van der Waals surface area contributed by atoms with Crippen molar-refractivity contribution in [2.45, 2.75) is 12.3 Å². The van der Waals surface area contributed by atoms with Gasteiger partial charge in [-0.25, -0.2) is 0 Å². The molecular formula is C28H20O6. The molecule has 168 valence electrons. The van der Waals surface area contributed by atoms with Crippen LogP contribution in [-0.2, 0) is 4.79 Å². The van der Waals surface area contributed by atoms with Crippen LogP contribution in [0, 0.1) is 0 Å². The fraction of sp³-hybridized carbons (Fsp3) is 0.143. The van der Waals surface area contributed by atoms with Crippen LogP contribution >= 0.6 is 0 Å². The zero-order valence-electron chi connectivity index (χ0n) is 18.4. The van der Waals surface area contributed by atoms with E-state index in [2.05, 4.69) is 0 Å². The molecule has 3 aliphatic rings. The standard InChI is InChI=1S/C28H20O6/c1-31-21-8-4-2-7-17(21)13-24-27(30)19-10-11-23-26(28(19)34-24)20(14-25(29)33-23)18-12-16-6-3-5-9-22(16)32-15-18/h2-13,20H,14-15H2,1H3/b24-13-/t20-/m0/s1. The van der Waals surface area contributed by atoms with E-state index in [0.717, 1.165) is 22.4 Å². The van der Waals surface area contributed by atoms with Crippen molar-refractivity contribution in [2.75, 3.05) is 13.7 Å². The van der Waals surface area contributed by atoms with Crippen molar-refractivity contribution in [3.05, 3.63) is 94.2 Å². The van der Waals surface area contributed by atoms with Crippen molar-refractivity contribution >= 4 is 23.9 Å². The van der Waals surface area contributed by atoms with Crippen molar-refractivity contribution in [3.8, 4) is 23.0 Å². The highest BCUT2D eigenvalue weighted by Gasteiger charge is 2.39. The van der Waals surface area contributed by atoms with Crippen LogP contribution in [0.15, 0.2) is 72.0 Å². The first-order valence-corrected chi connectivity index (χ1v) is 11.0. The number of para-hydroxylation sites is 2. The third-order valence-electron chi connectivity index (χ3n) is 6.31. The number of benzene rings is 3. The van der Waals surface area contributed by atoms with Gasteiger partial charge in [-0.05, 0) is 42.0 Å². The van der Waals surface area contributed by atoms with Crippen molar-refractivity contribution in [2.24, 2.45) is 0 Å². The number of carbonyl (C=O) groups excluding carboxylic acids is 2. The van der Waals surface area contributed by atoms with Crippen LogP contribution in [0.1, 0.15) is 39.4 Å². The molecule has 3 aromatic carbocycles. The van der Waals surface area contributed by atoms with Crippen LogP contribution in [0.5, 0.6) is 23.0 Å². The Labute approximate surface area is 196 Å². The van der Waals surface area contributed by atoms with Crippen LogP contribution in [0.25, 0.3) is 12.2 Å². The maximum Gasteiger partial charge on any atom is 0.312 e. The summed E-state index contributed by atoms with van der Waals surface area (Å²) >= 11 is 0. The summed E-state index contributed by atoms with van der Waals surface area (Å²) in [6.45, 7) is 0.343. The molecule has 0 N–H and O–H groups in total. The second-order valence-corrected chi connectivity index (χ2v) is 8.31. The van der Waals surface area contributed by atoms with E-state index in [1.165, 1.54) is 0 Å². The van der Waals surface area contributed by atoms with Crippen LogP contribution in [0.4, 0.5) is 0 Å². The van der Waals surface area contributed by atoms with E-state index in [-0.39, 0.29) is 29.9 Å². The van der Waals surface area contributed by atoms with Crippen molar-refractivity contribution < 1.29 is 28.5 Å². The molecule has 0 saturated heterocycles. The SMILES string of the molecule is COc1ccccc1/C=C1\Oc2c(ccc3c2[C@H](C2=Cc4ccccc4OC2)CC(=O)O3)C1=O. The Morgan fingerprint density at radius 3 is 2.65 bits per heavy atom. The van der Waals surface area contributed by atoms with Gasteiger partial charge in [-0.15, -0.1) is 0 Å². The maximum absolute atomic E-state index is 13.2. The first kappa shape index (κ1) is 20.3. The Morgan fingerprint density at radius 2 is 1.76 bits per heavy atom. The molecule has 34 heavy (non-hydrogen) atoms. The van der Waals surface area contributed by atoms with Crippen LogP contribution in [0.2, 0.25) is 0 Å². The molecule has 3 aliphatic heterocycles. The Balaban J connectivity index is 1.44. The fourth-order valence-electron chi connectivity index (χ4n) is 4.68. The molecule has 0 radical (unpaired) electrons. The first-order chi connectivity index (χ1) is 16.6. The number of rotatable bonds is 3. The number of carbonyl (C=O) groups is 2. The summed E-state index contributed by atoms with van der Waals surface area (Å²) in [5, 5.41) is 0. The molecule has 3 aromatic rings. The van der Waals surface area contributed by atoms with Gasteiger partial charge in [-0.1, -0.05) is 36.4 Å². The summed E-state index contributed by atoms with van der Waals surface area (Å²) in [6.07, 6.45) is 3.87. The van der Waals surface area contributed by atoms with Crippen molar-refractivity contribution in [1.29, 1.82) is 0 Å². The highest BCUT2D eigenvalue weighted by molar-refractivity contribution is 6.15. The number of hydrogen-bond acceptors (Lipinski definition) is 6. The number of ether oxygens (including phenoxy) is 4. The molecule has 6 heteroatoms. The lowest BCUT2D eigenvalue weighted by Gasteiger charge is -2.30. The highest BCUT2D eigenvalue weighted by atomic mass is 16.5. The Morgan fingerprint density at radius 1 is 0.941 bits per heavy atom. The number of fused-ring (bicyclic) bond motifs is 4. The number of Topliss-reactive ketones (excluding diaryl/α,β-unsaturated/α-hetero) is 1. The van der Waals surface area contributed by atoms with E-state index >= 15 is 0 Å². The number of allylic oxidation sites excluding steroid dienone is 1. The molecule has 0 fully saturated rings. The van der Waals surface area contributed by atoms with E-state index in [4.69, 9.17) is 18.9 Å². The average molecular weight is 452 g/mol. The summed E-state index contributed by atoms with van der Waals surface area (Å²) in [7, 11) is 1.58. The lowest BCUT2D eigenvalue weighted by atomic mass is 9.83. The van der Waals surface area contributed by atoms with Gasteiger partial charge in [0.2, 0.25) is 5.78 Å². The van der Waals surface area contributed by atoms with Gasteiger partial charge in [0, 0.05) is 22.6 Å². The number of methoxy groups -OCH3 is 1. The number of ketones is 1. The fourth-order valence-corrected chi connectivity index (χ4v) is 4.68. The van der Waals surface area contributed by atoms with Gasteiger partial charge in [0.25, 0.3) is 0 Å². The van der Waals surface area contributed by atoms with Gasteiger partial charge in [-0.2, -0.15) is 0 Å². The molecule has 0 aliphatic carbocycles. The summed E-state index contributed by atoms with van der Waals surface area (Å²) in [4.78, 5) is 25.7. The van der Waals surface area contributed by atoms with E-state index in [9.17, 15) is 9.59 Å². The van der Waals surface area contributed by atoms with Crippen LogP contribution in [-0.4, -0.2) is 25.5 Å². The minimum absolute atomic E-state index is 0.143. The molecule has 0 saturated carbocycles. The number of hydrogen-bond donors (Lipinski definition) is 0. The average Bonchev–Trinajstić information content (AvgIpc) is 3.18. The largest absolute Gasteiger partial charge is 0.496 e. The van der Waals surface area contributed by atoms with Crippen molar-refractivity contribution in [1.82, 2.24) is 0 Å². The Hall–Kier alpha value is -4.32. The normalized spacial score (nSPS) is 19.3. The smallest absolute Gasteiger partial charge is 0.312 e. The molecule has 0 unspecified atom stereocenters. The van der Waals surface area contributed by atoms with Gasteiger partial charge >= 0.3 is 5.97 Å². The predicted octanol–water partition coefficient (Wildman–Crippen LogP) is 5.18. The summed E-state index contributed by atoms with van der Waals surface area (Å²) in [5.74, 6) is 1.61. The predicted molar refractivity (Wildman–Crippen MR) is 125 cm³/mol. The second kappa shape index (κ2) is 7.92. The topological polar surface area (TPSA) is 71.1 Å². The molecule has 0 aromatic heterocycles. The van der Waals surface area contributed by atoms with Crippen LogP contribution < -0.4 is 18.9 Å². The lowest BCUT2D eigenvalue weighted by Crippen LogP contribution is -2.24. The van der Waals surface area contributed by atoms with E-state index in [0.29, 0.717) is 35.0 Å². The van der Waals surface area contributed by atoms with Gasteiger partial charge in [0.05, 0.1) is 19.1 Å². The van der Waals surface area contributed by atoms with Gasteiger partial charge in [0.1, 0.15) is 29.6 Å². The van der Waals surface area contributed by atoms with Crippen molar-refractivity contribution in [3.63, 3.8) is 0 Å².